The van der Waals surface area contributed by atoms with Crippen molar-refractivity contribution in [3.05, 3.63) is 60.1 Å². The van der Waals surface area contributed by atoms with Gasteiger partial charge < -0.3 is 15.3 Å². The van der Waals surface area contributed by atoms with Gasteiger partial charge in [0.15, 0.2) is 0 Å². The molecule has 6 nitrogen and oxygen atoms in total. The maximum absolute atomic E-state index is 14.0. The van der Waals surface area contributed by atoms with Gasteiger partial charge in [0.25, 0.3) is 0 Å². The van der Waals surface area contributed by atoms with E-state index in [0.29, 0.717) is 17.2 Å². The van der Waals surface area contributed by atoms with Crippen molar-refractivity contribution in [3.8, 4) is 11.4 Å². The van der Waals surface area contributed by atoms with E-state index in [1.807, 2.05) is 24.6 Å². The molecule has 0 fully saturated rings. The maximum Gasteiger partial charge on any atom is 0.146 e. The fraction of sp³-hybridized carbons (Fsp3) is 0.167. The number of fused-ring (bicyclic) bond motifs is 1. The highest BCUT2D eigenvalue weighted by Gasteiger charge is 2.18. The summed E-state index contributed by atoms with van der Waals surface area (Å²) in [4.78, 5) is 16.0. The summed E-state index contributed by atoms with van der Waals surface area (Å²) in [6.45, 7) is 4.00. The molecule has 0 saturated heterocycles. The standard InChI is InChI=1S/C18H17FN6/c1-10-8-25(18-15(10)16(20)22-9-23-18)11(2)14-7-21-17(24-14)12-5-3-4-6-13(12)19/h3-9,11H,1-2H3,(H,21,24)(H2,20,22,23). The van der Waals surface area contributed by atoms with Crippen molar-refractivity contribution in [2.24, 2.45) is 0 Å². The van der Waals surface area contributed by atoms with Gasteiger partial charge in [-0.15, -0.1) is 0 Å². The quantitative estimate of drug-likeness (QED) is 0.600. The van der Waals surface area contributed by atoms with E-state index >= 15 is 0 Å². The lowest BCUT2D eigenvalue weighted by Gasteiger charge is -2.13. The van der Waals surface area contributed by atoms with Gasteiger partial charge in [0.2, 0.25) is 0 Å². The number of rotatable bonds is 3. The Morgan fingerprint density at radius 1 is 1.20 bits per heavy atom. The number of hydrogen-bond donors (Lipinski definition) is 2. The van der Waals surface area contributed by atoms with Crippen molar-refractivity contribution in [1.29, 1.82) is 0 Å². The number of anilines is 1. The minimum atomic E-state index is -0.307. The first kappa shape index (κ1) is 15.3. The molecule has 126 valence electrons. The van der Waals surface area contributed by atoms with E-state index in [1.165, 1.54) is 12.4 Å². The molecule has 3 heterocycles. The number of aryl methyl sites for hydroxylation is 1. The van der Waals surface area contributed by atoms with E-state index in [1.54, 1.807) is 24.4 Å². The van der Waals surface area contributed by atoms with E-state index < -0.39 is 0 Å². The molecule has 0 aliphatic heterocycles. The minimum absolute atomic E-state index is 0.0708. The number of halogens is 1. The van der Waals surface area contributed by atoms with Gasteiger partial charge in [0.1, 0.15) is 29.4 Å². The second-order valence-corrected chi connectivity index (χ2v) is 6.02. The number of nitrogens with zero attached hydrogens (tertiary/aromatic N) is 4. The average molecular weight is 336 g/mol. The van der Waals surface area contributed by atoms with Gasteiger partial charge in [-0.05, 0) is 31.5 Å². The Hall–Kier alpha value is -3.22. The van der Waals surface area contributed by atoms with Crippen molar-refractivity contribution in [2.75, 3.05) is 5.73 Å². The van der Waals surface area contributed by atoms with Crippen LogP contribution in [0.4, 0.5) is 10.2 Å². The van der Waals surface area contributed by atoms with Gasteiger partial charge in [0.05, 0.1) is 28.9 Å². The summed E-state index contributed by atoms with van der Waals surface area (Å²) in [7, 11) is 0. The van der Waals surface area contributed by atoms with Gasteiger partial charge in [-0.3, -0.25) is 0 Å². The molecular weight excluding hydrogens is 319 g/mol. The van der Waals surface area contributed by atoms with E-state index in [9.17, 15) is 4.39 Å². The molecular formula is C18H17FN6. The highest BCUT2D eigenvalue weighted by atomic mass is 19.1. The molecule has 3 N–H and O–H groups in total. The van der Waals surface area contributed by atoms with Crippen LogP contribution >= 0.6 is 0 Å². The molecule has 0 spiro atoms. The van der Waals surface area contributed by atoms with Gasteiger partial charge in [-0.2, -0.15) is 0 Å². The number of H-pyrrole nitrogens is 1. The van der Waals surface area contributed by atoms with Crippen molar-refractivity contribution < 1.29 is 4.39 Å². The summed E-state index contributed by atoms with van der Waals surface area (Å²) in [5, 5.41) is 0.850. The van der Waals surface area contributed by atoms with E-state index in [4.69, 9.17) is 5.73 Å². The van der Waals surface area contributed by atoms with Crippen molar-refractivity contribution >= 4 is 16.9 Å². The van der Waals surface area contributed by atoms with Crippen LogP contribution in [-0.2, 0) is 0 Å². The first-order valence-corrected chi connectivity index (χ1v) is 7.93. The van der Waals surface area contributed by atoms with Gasteiger partial charge in [-0.1, -0.05) is 12.1 Å². The third-order valence-electron chi connectivity index (χ3n) is 4.42. The van der Waals surface area contributed by atoms with Crippen LogP contribution < -0.4 is 5.73 Å². The predicted molar refractivity (Wildman–Crippen MR) is 94.5 cm³/mol. The molecule has 1 aromatic carbocycles. The molecule has 25 heavy (non-hydrogen) atoms. The van der Waals surface area contributed by atoms with E-state index in [0.717, 1.165) is 22.3 Å². The molecule has 0 amide bonds. The SMILES string of the molecule is Cc1cn(C(C)c2cnc(-c3ccccc3F)[nH]2)c2ncnc(N)c12. The zero-order valence-electron chi connectivity index (χ0n) is 13.9. The average Bonchev–Trinajstić information content (AvgIpc) is 3.21. The first-order valence-electron chi connectivity index (χ1n) is 7.93. The first-order chi connectivity index (χ1) is 12.1. The highest BCUT2D eigenvalue weighted by molar-refractivity contribution is 5.89. The number of benzene rings is 1. The summed E-state index contributed by atoms with van der Waals surface area (Å²) in [5.41, 5.74) is 9.05. The summed E-state index contributed by atoms with van der Waals surface area (Å²) < 4.78 is 16.0. The van der Waals surface area contributed by atoms with Crippen LogP contribution in [0.2, 0.25) is 0 Å². The van der Waals surface area contributed by atoms with E-state index in [2.05, 4.69) is 19.9 Å². The third-order valence-corrected chi connectivity index (χ3v) is 4.42. The third kappa shape index (κ3) is 2.44. The van der Waals surface area contributed by atoms with E-state index in [-0.39, 0.29) is 11.9 Å². The Morgan fingerprint density at radius 3 is 2.80 bits per heavy atom. The Labute approximate surface area is 143 Å². The fourth-order valence-electron chi connectivity index (χ4n) is 3.08. The number of imidazole rings is 1. The Bertz CT molecular complexity index is 1060. The van der Waals surface area contributed by atoms with Crippen LogP contribution in [0.1, 0.15) is 24.2 Å². The summed E-state index contributed by atoms with van der Waals surface area (Å²) in [5.74, 6) is 0.659. The lowest BCUT2D eigenvalue weighted by atomic mass is 10.2. The number of nitrogens with one attached hydrogen (secondary N) is 1. The normalized spacial score (nSPS) is 12.6. The van der Waals surface area contributed by atoms with Gasteiger partial charge in [0, 0.05) is 6.20 Å². The summed E-state index contributed by atoms with van der Waals surface area (Å²) in [6, 6.07) is 6.49. The topological polar surface area (TPSA) is 85.4 Å². The Balaban J connectivity index is 1.77. The molecule has 4 aromatic rings. The number of nitrogen functional groups attached to an aromatic ring is 1. The predicted octanol–water partition coefficient (Wildman–Crippen LogP) is 3.46. The fourth-order valence-corrected chi connectivity index (χ4v) is 3.08. The lowest BCUT2D eigenvalue weighted by Crippen LogP contribution is -2.07. The molecule has 0 radical (unpaired) electrons. The van der Waals surface area contributed by atoms with Gasteiger partial charge in [-0.25, -0.2) is 19.3 Å². The zero-order valence-corrected chi connectivity index (χ0v) is 13.9. The Morgan fingerprint density at radius 2 is 2.00 bits per heavy atom. The molecule has 1 unspecified atom stereocenters. The largest absolute Gasteiger partial charge is 0.383 e. The van der Waals surface area contributed by atoms with Crippen molar-refractivity contribution in [2.45, 2.75) is 19.9 Å². The smallest absolute Gasteiger partial charge is 0.146 e. The molecule has 4 rings (SSSR count). The van der Waals surface area contributed by atoms with Crippen LogP contribution in [0.3, 0.4) is 0 Å². The van der Waals surface area contributed by atoms with Crippen LogP contribution in [-0.4, -0.2) is 24.5 Å². The number of nitrogens with two attached hydrogens (primary N) is 1. The molecule has 0 bridgehead atoms. The summed E-state index contributed by atoms with van der Waals surface area (Å²) >= 11 is 0. The molecule has 7 heteroatoms. The minimum Gasteiger partial charge on any atom is -0.383 e. The van der Waals surface area contributed by atoms with Crippen LogP contribution in [0.5, 0.6) is 0 Å². The monoisotopic (exact) mass is 336 g/mol. The second kappa shape index (κ2) is 5.70. The van der Waals surface area contributed by atoms with Crippen LogP contribution in [0, 0.1) is 12.7 Å². The van der Waals surface area contributed by atoms with Crippen LogP contribution in [0.15, 0.2) is 43.0 Å². The van der Waals surface area contributed by atoms with Crippen molar-refractivity contribution in [3.63, 3.8) is 0 Å². The molecule has 3 aromatic heterocycles. The van der Waals surface area contributed by atoms with Crippen LogP contribution in [0.25, 0.3) is 22.4 Å². The number of hydrogen-bond acceptors (Lipinski definition) is 4. The summed E-state index contributed by atoms with van der Waals surface area (Å²) in [6.07, 6.45) is 5.17. The highest BCUT2D eigenvalue weighted by Crippen LogP contribution is 2.29. The number of aromatic nitrogens is 5. The lowest BCUT2D eigenvalue weighted by molar-refractivity contribution is 0.628. The number of aromatic amines is 1. The zero-order chi connectivity index (χ0) is 17.6. The van der Waals surface area contributed by atoms with Crippen molar-refractivity contribution in [1.82, 2.24) is 24.5 Å². The molecule has 0 saturated carbocycles. The molecule has 0 aliphatic rings. The molecule has 1 atom stereocenters. The molecule has 0 aliphatic carbocycles. The second-order valence-electron chi connectivity index (χ2n) is 6.02. The Kier molecular flexibility index (Phi) is 3.49. The maximum atomic E-state index is 14.0. The van der Waals surface area contributed by atoms with Gasteiger partial charge >= 0.3 is 0 Å².